The van der Waals surface area contributed by atoms with Gasteiger partial charge in [-0.1, -0.05) is 18.2 Å². The van der Waals surface area contributed by atoms with Crippen molar-refractivity contribution in [3.05, 3.63) is 54.1 Å². The summed E-state index contributed by atoms with van der Waals surface area (Å²) >= 11 is 5.21. The van der Waals surface area contributed by atoms with Crippen LogP contribution in [0.15, 0.2) is 48.5 Å². The minimum Gasteiger partial charge on any atom is -0.435 e. The summed E-state index contributed by atoms with van der Waals surface area (Å²) in [5.41, 5.74) is 2.66. The second-order valence-corrected chi connectivity index (χ2v) is 4.71. The fourth-order valence-corrected chi connectivity index (χ4v) is 1.95. The van der Waals surface area contributed by atoms with Gasteiger partial charge < -0.3 is 15.4 Å². The van der Waals surface area contributed by atoms with E-state index < -0.39 is 6.61 Å². The molecular formula is C15H14F2N2OS. The van der Waals surface area contributed by atoms with E-state index in [4.69, 9.17) is 12.2 Å². The van der Waals surface area contributed by atoms with Crippen molar-refractivity contribution in [3.8, 4) is 5.75 Å². The van der Waals surface area contributed by atoms with Crippen LogP contribution in [0.4, 0.5) is 20.2 Å². The summed E-state index contributed by atoms with van der Waals surface area (Å²) in [5, 5.41) is 6.47. The molecule has 0 atom stereocenters. The van der Waals surface area contributed by atoms with Gasteiger partial charge in [-0.15, -0.1) is 0 Å². The summed E-state index contributed by atoms with van der Waals surface area (Å²) in [6.07, 6.45) is 0. The van der Waals surface area contributed by atoms with Crippen LogP contribution in [0.1, 0.15) is 5.56 Å². The number of rotatable bonds is 4. The van der Waals surface area contributed by atoms with E-state index in [0.717, 1.165) is 11.3 Å². The number of hydrogen-bond acceptors (Lipinski definition) is 2. The molecule has 0 aliphatic rings. The van der Waals surface area contributed by atoms with Gasteiger partial charge in [-0.25, -0.2) is 0 Å². The molecule has 0 saturated heterocycles. The van der Waals surface area contributed by atoms with E-state index in [1.807, 2.05) is 31.2 Å². The van der Waals surface area contributed by atoms with E-state index >= 15 is 0 Å². The Kier molecular flexibility index (Phi) is 5.05. The number of alkyl halides is 2. The predicted octanol–water partition coefficient (Wildman–Crippen LogP) is 4.41. The molecule has 0 heterocycles. The molecule has 0 aromatic heterocycles. The highest BCUT2D eigenvalue weighted by Gasteiger charge is 2.05. The van der Waals surface area contributed by atoms with E-state index in [9.17, 15) is 8.78 Å². The van der Waals surface area contributed by atoms with Crippen LogP contribution < -0.4 is 15.4 Å². The first kappa shape index (κ1) is 15.2. The Morgan fingerprint density at radius 2 is 1.71 bits per heavy atom. The van der Waals surface area contributed by atoms with Gasteiger partial charge in [0.25, 0.3) is 0 Å². The van der Waals surface area contributed by atoms with Gasteiger partial charge in [0.1, 0.15) is 5.75 Å². The predicted molar refractivity (Wildman–Crippen MR) is 84.1 cm³/mol. The molecule has 2 N–H and O–H groups in total. The molecular weight excluding hydrogens is 294 g/mol. The van der Waals surface area contributed by atoms with Crippen molar-refractivity contribution >= 4 is 28.7 Å². The quantitative estimate of drug-likeness (QED) is 0.820. The molecule has 21 heavy (non-hydrogen) atoms. The van der Waals surface area contributed by atoms with Crippen molar-refractivity contribution in [2.24, 2.45) is 0 Å². The average Bonchev–Trinajstić information content (AvgIpc) is 2.43. The third-order valence-corrected chi connectivity index (χ3v) is 2.93. The van der Waals surface area contributed by atoms with Crippen molar-refractivity contribution < 1.29 is 13.5 Å². The largest absolute Gasteiger partial charge is 0.435 e. The summed E-state index contributed by atoms with van der Waals surface area (Å²) < 4.78 is 28.4. The van der Waals surface area contributed by atoms with E-state index in [2.05, 4.69) is 15.4 Å². The lowest BCUT2D eigenvalue weighted by atomic mass is 10.2. The van der Waals surface area contributed by atoms with E-state index in [1.165, 1.54) is 12.1 Å². The molecule has 0 amide bonds. The second-order valence-electron chi connectivity index (χ2n) is 4.30. The first-order valence-corrected chi connectivity index (χ1v) is 6.64. The van der Waals surface area contributed by atoms with Gasteiger partial charge in [-0.05, 0) is 55.0 Å². The molecule has 0 aliphatic heterocycles. The van der Waals surface area contributed by atoms with Gasteiger partial charge >= 0.3 is 6.61 Å². The van der Waals surface area contributed by atoms with Crippen LogP contribution in [0.3, 0.4) is 0 Å². The average molecular weight is 308 g/mol. The topological polar surface area (TPSA) is 33.3 Å². The Morgan fingerprint density at radius 3 is 2.33 bits per heavy atom. The van der Waals surface area contributed by atoms with Gasteiger partial charge in [0.2, 0.25) is 0 Å². The molecule has 0 spiro atoms. The standard InChI is InChI=1S/C15H14F2N2OS/c1-10-4-2-3-5-13(10)19-15(21)18-11-6-8-12(9-7-11)20-14(16)17/h2-9,14H,1H3,(H2,18,19,21). The lowest BCUT2D eigenvalue weighted by molar-refractivity contribution is -0.0498. The first-order chi connectivity index (χ1) is 10.0. The maximum absolute atomic E-state index is 12.0. The second kappa shape index (κ2) is 6.99. The van der Waals surface area contributed by atoms with Crippen LogP contribution >= 0.6 is 12.2 Å². The monoisotopic (exact) mass is 308 g/mol. The Morgan fingerprint density at radius 1 is 1.05 bits per heavy atom. The lowest BCUT2D eigenvalue weighted by Crippen LogP contribution is -2.19. The molecule has 0 bridgehead atoms. The van der Waals surface area contributed by atoms with E-state index in [1.54, 1.807) is 12.1 Å². The molecule has 0 fully saturated rings. The van der Waals surface area contributed by atoms with Crippen molar-refractivity contribution in [1.29, 1.82) is 0 Å². The van der Waals surface area contributed by atoms with Crippen molar-refractivity contribution in [3.63, 3.8) is 0 Å². The summed E-state index contributed by atoms with van der Waals surface area (Å²) in [6, 6.07) is 13.9. The fourth-order valence-electron chi connectivity index (χ4n) is 1.72. The fraction of sp³-hybridized carbons (Fsp3) is 0.133. The Bertz CT molecular complexity index is 617. The number of anilines is 2. The highest BCUT2D eigenvalue weighted by molar-refractivity contribution is 7.80. The zero-order valence-electron chi connectivity index (χ0n) is 11.3. The van der Waals surface area contributed by atoms with Crippen molar-refractivity contribution in [2.75, 3.05) is 10.6 Å². The third-order valence-electron chi connectivity index (χ3n) is 2.73. The van der Waals surface area contributed by atoms with Crippen LogP contribution in [0.5, 0.6) is 5.75 Å². The zero-order valence-corrected chi connectivity index (χ0v) is 12.1. The molecule has 6 heteroatoms. The molecule has 2 rings (SSSR count). The highest BCUT2D eigenvalue weighted by Crippen LogP contribution is 2.18. The van der Waals surface area contributed by atoms with E-state index in [0.29, 0.717) is 10.8 Å². The molecule has 0 aliphatic carbocycles. The Balaban J connectivity index is 1.95. The SMILES string of the molecule is Cc1ccccc1NC(=S)Nc1ccc(OC(F)F)cc1. The van der Waals surface area contributed by atoms with Gasteiger partial charge in [-0.3, -0.25) is 0 Å². The minimum absolute atomic E-state index is 0.105. The minimum atomic E-state index is -2.83. The number of halogens is 2. The van der Waals surface area contributed by atoms with Crippen molar-refractivity contribution in [1.82, 2.24) is 0 Å². The molecule has 3 nitrogen and oxygen atoms in total. The molecule has 0 saturated carbocycles. The number of para-hydroxylation sites is 1. The third kappa shape index (κ3) is 4.68. The van der Waals surface area contributed by atoms with Crippen LogP contribution in [0.25, 0.3) is 0 Å². The number of nitrogens with one attached hydrogen (secondary N) is 2. The summed E-state index contributed by atoms with van der Waals surface area (Å²) in [4.78, 5) is 0. The smallest absolute Gasteiger partial charge is 0.387 e. The number of thiocarbonyl (C=S) groups is 1. The van der Waals surface area contributed by atoms with Crippen LogP contribution in [-0.4, -0.2) is 11.7 Å². The Labute approximate surface area is 126 Å². The normalized spacial score (nSPS) is 10.3. The number of ether oxygens (including phenoxy) is 1. The molecule has 110 valence electrons. The van der Waals surface area contributed by atoms with Crippen LogP contribution in [0.2, 0.25) is 0 Å². The van der Waals surface area contributed by atoms with Crippen molar-refractivity contribution in [2.45, 2.75) is 13.5 Å². The molecule has 0 unspecified atom stereocenters. The maximum atomic E-state index is 12.0. The number of hydrogen-bond donors (Lipinski definition) is 2. The molecule has 2 aromatic rings. The Hall–Kier alpha value is -2.21. The molecule has 2 aromatic carbocycles. The highest BCUT2D eigenvalue weighted by atomic mass is 32.1. The summed E-state index contributed by atoms with van der Waals surface area (Å²) in [5.74, 6) is 0.105. The lowest BCUT2D eigenvalue weighted by Gasteiger charge is -2.12. The molecule has 0 radical (unpaired) electrons. The van der Waals surface area contributed by atoms with Gasteiger partial charge in [0.15, 0.2) is 5.11 Å². The van der Waals surface area contributed by atoms with Crippen LogP contribution in [0, 0.1) is 6.92 Å². The van der Waals surface area contributed by atoms with Gasteiger partial charge in [0.05, 0.1) is 0 Å². The number of aryl methyl sites for hydroxylation is 1. The number of benzene rings is 2. The first-order valence-electron chi connectivity index (χ1n) is 6.23. The summed E-state index contributed by atoms with van der Waals surface area (Å²) in [7, 11) is 0. The van der Waals surface area contributed by atoms with Gasteiger partial charge in [-0.2, -0.15) is 8.78 Å². The maximum Gasteiger partial charge on any atom is 0.387 e. The van der Waals surface area contributed by atoms with Gasteiger partial charge in [0, 0.05) is 11.4 Å². The summed E-state index contributed by atoms with van der Waals surface area (Å²) in [6.45, 7) is -0.853. The van der Waals surface area contributed by atoms with E-state index in [-0.39, 0.29) is 5.75 Å². The van der Waals surface area contributed by atoms with Crippen LogP contribution in [-0.2, 0) is 0 Å². The zero-order chi connectivity index (χ0) is 15.2.